The molecule has 0 spiro atoms. The standard InChI is InChI=1S/C7H6O3.Na/c8-6-4-2-1-3-5(6)7(9)10;/h1-3H,4H2,(H,9,10);/q;+1/p-1. The Morgan fingerprint density at radius 2 is 2.18 bits per heavy atom. The Hall–Kier alpha value is -0.380. The van der Waals surface area contributed by atoms with E-state index in [4.69, 9.17) is 0 Å². The third-order valence-electron chi connectivity index (χ3n) is 1.22. The average molecular weight is 160 g/mol. The van der Waals surface area contributed by atoms with Crippen molar-refractivity contribution in [3.8, 4) is 0 Å². The second kappa shape index (κ2) is 4.49. The van der Waals surface area contributed by atoms with Crippen LogP contribution in [0, 0.1) is 0 Å². The molecule has 52 valence electrons. The van der Waals surface area contributed by atoms with Gasteiger partial charge < -0.3 is 9.90 Å². The number of hydrogen-bond acceptors (Lipinski definition) is 3. The second-order valence-corrected chi connectivity index (χ2v) is 1.92. The van der Waals surface area contributed by atoms with Crippen molar-refractivity contribution in [2.75, 3.05) is 0 Å². The fourth-order valence-electron chi connectivity index (χ4n) is 0.724. The van der Waals surface area contributed by atoms with E-state index in [2.05, 4.69) is 0 Å². The van der Waals surface area contributed by atoms with E-state index < -0.39 is 5.97 Å². The largest absolute Gasteiger partial charge is 1.00 e. The Bertz CT molecular complexity index is 240. The van der Waals surface area contributed by atoms with E-state index in [1.165, 1.54) is 12.2 Å². The van der Waals surface area contributed by atoms with E-state index in [0.717, 1.165) is 0 Å². The Kier molecular flexibility index (Phi) is 4.33. The fraction of sp³-hybridized carbons (Fsp3) is 0.143. The van der Waals surface area contributed by atoms with E-state index in [9.17, 15) is 14.7 Å². The van der Waals surface area contributed by atoms with Crippen LogP contribution in [-0.4, -0.2) is 11.8 Å². The number of carbonyl (C=O) groups is 2. The Morgan fingerprint density at radius 1 is 1.55 bits per heavy atom. The summed E-state index contributed by atoms with van der Waals surface area (Å²) in [4.78, 5) is 20.8. The molecule has 0 saturated heterocycles. The topological polar surface area (TPSA) is 57.2 Å². The fourth-order valence-corrected chi connectivity index (χ4v) is 0.724. The summed E-state index contributed by atoms with van der Waals surface area (Å²) in [5.41, 5.74) is -0.234. The third kappa shape index (κ3) is 2.61. The molecule has 0 radical (unpaired) electrons. The minimum atomic E-state index is -1.39. The van der Waals surface area contributed by atoms with Crippen LogP contribution in [0.2, 0.25) is 0 Å². The van der Waals surface area contributed by atoms with Gasteiger partial charge in [-0.2, -0.15) is 0 Å². The summed E-state index contributed by atoms with van der Waals surface area (Å²) in [7, 11) is 0. The van der Waals surface area contributed by atoms with Crippen molar-refractivity contribution in [1.29, 1.82) is 0 Å². The van der Waals surface area contributed by atoms with Crippen molar-refractivity contribution in [2.45, 2.75) is 6.42 Å². The molecule has 11 heavy (non-hydrogen) atoms. The summed E-state index contributed by atoms with van der Waals surface area (Å²) in [6, 6.07) is 0. The molecule has 0 heterocycles. The van der Waals surface area contributed by atoms with Crippen LogP contribution < -0.4 is 34.7 Å². The number of carboxylic acids is 1. The maximum absolute atomic E-state index is 10.7. The van der Waals surface area contributed by atoms with Crippen LogP contribution in [0.15, 0.2) is 23.8 Å². The van der Waals surface area contributed by atoms with Gasteiger partial charge >= 0.3 is 29.6 Å². The maximum atomic E-state index is 10.7. The molecule has 0 unspecified atom stereocenters. The first-order valence-corrected chi connectivity index (χ1v) is 2.83. The Morgan fingerprint density at radius 3 is 2.55 bits per heavy atom. The van der Waals surface area contributed by atoms with Gasteiger partial charge in [0.05, 0.1) is 5.97 Å². The Labute approximate surface area is 86.1 Å². The summed E-state index contributed by atoms with van der Waals surface area (Å²) < 4.78 is 0. The van der Waals surface area contributed by atoms with Crippen LogP contribution in [0.4, 0.5) is 0 Å². The molecule has 1 aliphatic rings. The molecule has 0 aromatic rings. The summed E-state index contributed by atoms with van der Waals surface area (Å²) in [5, 5.41) is 10.1. The first kappa shape index (κ1) is 10.6. The van der Waals surface area contributed by atoms with Crippen LogP contribution in [0.5, 0.6) is 0 Å². The molecule has 1 aliphatic carbocycles. The van der Waals surface area contributed by atoms with Crippen LogP contribution in [0.1, 0.15) is 6.42 Å². The number of Topliss-reactive ketones (excluding diaryl/α,β-unsaturated/α-hetero) is 1. The van der Waals surface area contributed by atoms with Gasteiger partial charge in [-0.05, 0) is 6.08 Å². The van der Waals surface area contributed by atoms with Crippen molar-refractivity contribution in [3.05, 3.63) is 23.8 Å². The zero-order valence-electron chi connectivity index (χ0n) is 6.16. The van der Waals surface area contributed by atoms with Crippen molar-refractivity contribution >= 4 is 11.8 Å². The first-order chi connectivity index (χ1) is 4.72. The molecule has 0 fully saturated rings. The van der Waals surface area contributed by atoms with E-state index >= 15 is 0 Å². The van der Waals surface area contributed by atoms with Gasteiger partial charge in [-0.25, -0.2) is 0 Å². The molecule has 0 aliphatic heterocycles. The summed E-state index contributed by atoms with van der Waals surface area (Å²) >= 11 is 0. The number of aliphatic carboxylic acids is 1. The molecular formula is C7H5NaO3. The van der Waals surface area contributed by atoms with Crippen molar-refractivity contribution in [1.82, 2.24) is 0 Å². The predicted molar refractivity (Wildman–Crippen MR) is 31.9 cm³/mol. The number of carbonyl (C=O) groups excluding carboxylic acids is 2. The van der Waals surface area contributed by atoms with Gasteiger partial charge in [-0.3, -0.25) is 4.79 Å². The van der Waals surface area contributed by atoms with Crippen LogP contribution in [0.3, 0.4) is 0 Å². The van der Waals surface area contributed by atoms with Gasteiger partial charge in [0.15, 0.2) is 5.78 Å². The van der Waals surface area contributed by atoms with E-state index in [0.29, 0.717) is 0 Å². The van der Waals surface area contributed by atoms with Crippen molar-refractivity contribution in [2.24, 2.45) is 0 Å². The van der Waals surface area contributed by atoms with Crippen molar-refractivity contribution in [3.63, 3.8) is 0 Å². The molecule has 0 bridgehead atoms. The molecule has 0 atom stereocenters. The molecule has 3 nitrogen and oxygen atoms in total. The first-order valence-electron chi connectivity index (χ1n) is 2.83. The van der Waals surface area contributed by atoms with Gasteiger partial charge in [0.25, 0.3) is 0 Å². The number of hydrogen-bond donors (Lipinski definition) is 0. The maximum Gasteiger partial charge on any atom is 1.00 e. The van der Waals surface area contributed by atoms with Crippen LogP contribution >= 0.6 is 0 Å². The Balaban J connectivity index is 0.000001000. The minimum Gasteiger partial charge on any atom is -0.545 e. The van der Waals surface area contributed by atoms with E-state index in [-0.39, 0.29) is 47.3 Å². The number of allylic oxidation sites excluding steroid dienone is 3. The number of ketones is 1. The monoisotopic (exact) mass is 160 g/mol. The summed E-state index contributed by atoms with van der Waals surface area (Å²) in [6.07, 6.45) is 4.56. The number of rotatable bonds is 1. The summed E-state index contributed by atoms with van der Waals surface area (Å²) in [5.74, 6) is -1.78. The zero-order valence-corrected chi connectivity index (χ0v) is 8.16. The summed E-state index contributed by atoms with van der Waals surface area (Å²) in [6.45, 7) is 0. The van der Waals surface area contributed by atoms with Crippen LogP contribution in [-0.2, 0) is 9.59 Å². The molecule has 1 rings (SSSR count). The zero-order chi connectivity index (χ0) is 7.56. The molecule has 0 saturated carbocycles. The molecular weight excluding hydrogens is 155 g/mol. The van der Waals surface area contributed by atoms with Gasteiger partial charge in [0.1, 0.15) is 0 Å². The second-order valence-electron chi connectivity index (χ2n) is 1.92. The van der Waals surface area contributed by atoms with E-state index in [1.807, 2.05) is 0 Å². The van der Waals surface area contributed by atoms with Gasteiger partial charge in [0, 0.05) is 12.0 Å². The molecule has 0 N–H and O–H groups in total. The molecule has 0 aromatic carbocycles. The third-order valence-corrected chi connectivity index (χ3v) is 1.22. The van der Waals surface area contributed by atoms with Crippen molar-refractivity contribution < 1.29 is 44.3 Å². The van der Waals surface area contributed by atoms with Gasteiger partial charge in [0.2, 0.25) is 0 Å². The van der Waals surface area contributed by atoms with Gasteiger partial charge in [-0.15, -0.1) is 0 Å². The molecule has 0 amide bonds. The average Bonchev–Trinajstić information content (AvgIpc) is 1.88. The van der Waals surface area contributed by atoms with Crippen LogP contribution in [0.25, 0.3) is 0 Å². The normalized spacial score (nSPS) is 15.3. The quantitative estimate of drug-likeness (QED) is 0.292. The predicted octanol–water partition coefficient (Wildman–Crippen LogP) is -3.80. The SMILES string of the molecule is O=C([O-])C1=CC=CCC1=O.[Na+]. The minimum absolute atomic E-state index is 0. The number of carboxylic acid groups (broad SMARTS) is 1. The van der Waals surface area contributed by atoms with Gasteiger partial charge in [-0.1, -0.05) is 12.2 Å². The molecule has 4 heteroatoms. The van der Waals surface area contributed by atoms with E-state index in [1.54, 1.807) is 6.08 Å². The smallest absolute Gasteiger partial charge is 0.545 e. The molecule has 0 aromatic heterocycles.